The van der Waals surface area contributed by atoms with Crippen LogP contribution < -0.4 is 19.1 Å². The fourth-order valence-corrected chi connectivity index (χ4v) is 6.95. The van der Waals surface area contributed by atoms with E-state index in [9.17, 15) is 8.42 Å². The minimum absolute atomic E-state index is 0.0296. The molecule has 0 spiro atoms. The third kappa shape index (κ3) is 5.31. The van der Waals surface area contributed by atoms with Gasteiger partial charge in [0.15, 0.2) is 16.6 Å². The van der Waals surface area contributed by atoms with Crippen molar-refractivity contribution in [2.75, 3.05) is 52.4 Å². The SMILES string of the molecule is COc1cc(Cc2csc(N3CCN(S(=O)(=O)c4cccc(Cl)c4Cl)CC3)n2)cc(OC)c1OC. The van der Waals surface area contributed by atoms with Gasteiger partial charge in [-0.3, -0.25) is 0 Å². The number of thiazole rings is 1. The van der Waals surface area contributed by atoms with Crippen LogP contribution in [-0.2, 0) is 16.4 Å². The summed E-state index contributed by atoms with van der Waals surface area (Å²) < 4.78 is 43.9. The Bertz CT molecular complexity index is 1280. The molecule has 1 aliphatic rings. The summed E-state index contributed by atoms with van der Waals surface area (Å²) in [6, 6.07) is 8.45. The van der Waals surface area contributed by atoms with E-state index < -0.39 is 10.0 Å². The molecule has 1 saturated heterocycles. The van der Waals surface area contributed by atoms with Crippen molar-refractivity contribution in [2.24, 2.45) is 0 Å². The smallest absolute Gasteiger partial charge is 0.244 e. The van der Waals surface area contributed by atoms with Gasteiger partial charge in [-0.2, -0.15) is 4.31 Å². The number of halogens is 2. The predicted molar refractivity (Wildman–Crippen MR) is 138 cm³/mol. The number of nitrogens with zero attached hydrogens (tertiary/aromatic N) is 3. The lowest BCUT2D eigenvalue weighted by molar-refractivity contribution is 0.324. The largest absolute Gasteiger partial charge is 0.493 e. The van der Waals surface area contributed by atoms with E-state index in [0.717, 1.165) is 16.4 Å². The number of anilines is 1. The summed E-state index contributed by atoms with van der Waals surface area (Å²) in [7, 11) is 1.01. The lowest BCUT2D eigenvalue weighted by Crippen LogP contribution is -2.48. The molecule has 2 heterocycles. The van der Waals surface area contributed by atoms with E-state index in [1.54, 1.807) is 33.5 Å². The van der Waals surface area contributed by atoms with Crippen LogP contribution in [0, 0.1) is 0 Å². The fourth-order valence-electron chi connectivity index (χ4n) is 3.91. The van der Waals surface area contributed by atoms with Gasteiger partial charge in [0.2, 0.25) is 15.8 Å². The molecule has 35 heavy (non-hydrogen) atoms. The first kappa shape index (κ1) is 25.8. The normalized spacial score (nSPS) is 14.7. The van der Waals surface area contributed by atoms with Crippen LogP contribution in [0.2, 0.25) is 10.0 Å². The van der Waals surface area contributed by atoms with Gasteiger partial charge < -0.3 is 19.1 Å². The van der Waals surface area contributed by atoms with E-state index in [-0.39, 0.29) is 14.9 Å². The topological polar surface area (TPSA) is 81.2 Å². The molecular formula is C23H25Cl2N3O5S2. The highest BCUT2D eigenvalue weighted by Gasteiger charge is 2.31. The third-order valence-corrected chi connectivity index (χ3v) is 9.51. The van der Waals surface area contributed by atoms with Gasteiger partial charge in [-0.1, -0.05) is 29.3 Å². The molecule has 8 nitrogen and oxygen atoms in total. The van der Waals surface area contributed by atoms with E-state index in [1.165, 1.54) is 21.7 Å². The van der Waals surface area contributed by atoms with Gasteiger partial charge >= 0.3 is 0 Å². The quantitative estimate of drug-likeness (QED) is 0.401. The number of benzene rings is 2. The number of methoxy groups -OCH3 is 3. The Balaban J connectivity index is 1.44. The number of sulfonamides is 1. The summed E-state index contributed by atoms with van der Waals surface area (Å²) in [4.78, 5) is 6.90. The maximum absolute atomic E-state index is 13.1. The standard InChI is InChI=1S/C23H25Cl2N3O5S2/c1-31-18-12-15(13-19(32-2)22(18)33-3)11-16-14-34-23(26-16)27-7-9-28(10-8-27)35(29,30)20-6-4-5-17(24)21(20)25/h4-6,12-14H,7-11H2,1-3H3. The van der Waals surface area contributed by atoms with Gasteiger partial charge in [0.05, 0.1) is 37.1 Å². The molecule has 0 unspecified atom stereocenters. The van der Waals surface area contributed by atoms with Gasteiger partial charge in [0.1, 0.15) is 4.90 Å². The third-order valence-electron chi connectivity index (χ3n) is 5.69. The molecule has 12 heteroatoms. The molecule has 1 fully saturated rings. The van der Waals surface area contributed by atoms with Crippen molar-refractivity contribution < 1.29 is 22.6 Å². The maximum atomic E-state index is 13.1. The molecule has 2 aromatic carbocycles. The van der Waals surface area contributed by atoms with Crippen molar-refractivity contribution in [3.63, 3.8) is 0 Å². The highest BCUT2D eigenvalue weighted by Crippen LogP contribution is 2.39. The Morgan fingerprint density at radius 2 is 1.66 bits per heavy atom. The zero-order valence-corrected chi connectivity index (χ0v) is 22.6. The fraction of sp³-hybridized carbons (Fsp3) is 0.348. The van der Waals surface area contributed by atoms with Crippen LogP contribution in [0.4, 0.5) is 5.13 Å². The van der Waals surface area contributed by atoms with Crippen LogP contribution in [0.1, 0.15) is 11.3 Å². The minimum Gasteiger partial charge on any atom is -0.493 e. The second-order valence-electron chi connectivity index (χ2n) is 7.77. The van der Waals surface area contributed by atoms with Crippen LogP contribution in [0.25, 0.3) is 0 Å². The van der Waals surface area contributed by atoms with E-state index in [1.807, 2.05) is 17.5 Å². The molecule has 0 amide bonds. The Kier molecular flexibility index (Phi) is 7.97. The molecule has 0 bridgehead atoms. The first-order valence-corrected chi connectivity index (χ1v) is 13.8. The van der Waals surface area contributed by atoms with Crippen LogP contribution in [0.15, 0.2) is 40.6 Å². The highest BCUT2D eigenvalue weighted by atomic mass is 35.5. The number of piperazine rings is 1. The Morgan fingerprint density at radius 3 is 2.26 bits per heavy atom. The number of hydrogen-bond acceptors (Lipinski definition) is 8. The summed E-state index contributed by atoms with van der Waals surface area (Å²) in [5.41, 5.74) is 1.88. The summed E-state index contributed by atoms with van der Waals surface area (Å²) in [5.74, 6) is 1.73. The molecule has 1 aliphatic heterocycles. The number of hydrogen-bond donors (Lipinski definition) is 0. The van der Waals surface area contributed by atoms with E-state index in [4.69, 9.17) is 42.4 Å². The average molecular weight is 559 g/mol. The number of aromatic nitrogens is 1. The Labute approximate surface area is 219 Å². The Hall–Kier alpha value is -2.24. The van der Waals surface area contributed by atoms with Crippen molar-refractivity contribution in [1.29, 1.82) is 0 Å². The summed E-state index contributed by atoms with van der Waals surface area (Å²) in [6.45, 7) is 1.70. The molecule has 3 aromatic rings. The van der Waals surface area contributed by atoms with Crippen molar-refractivity contribution >= 4 is 49.7 Å². The van der Waals surface area contributed by atoms with Crippen molar-refractivity contribution in [1.82, 2.24) is 9.29 Å². The van der Waals surface area contributed by atoms with Gasteiger partial charge in [0.25, 0.3) is 0 Å². The summed E-state index contributed by atoms with van der Waals surface area (Å²) >= 11 is 13.7. The Morgan fingerprint density at radius 1 is 1.00 bits per heavy atom. The van der Waals surface area contributed by atoms with E-state index >= 15 is 0 Å². The second kappa shape index (κ2) is 10.8. The number of ether oxygens (including phenoxy) is 3. The first-order valence-electron chi connectivity index (χ1n) is 10.7. The zero-order valence-electron chi connectivity index (χ0n) is 19.5. The van der Waals surface area contributed by atoms with Crippen molar-refractivity contribution in [3.8, 4) is 17.2 Å². The van der Waals surface area contributed by atoms with Gasteiger partial charge in [-0.25, -0.2) is 13.4 Å². The summed E-state index contributed by atoms with van der Waals surface area (Å²) in [5, 5.41) is 3.12. The molecule has 4 rings (SSSR count). The highest BCUT2D eigenvalue weighted by molar-refractivity contribution is 7.89. The lowest BCUT2D eigenvalue weighted by atomic mass is 10.1. The molecule has 1 aromatic heterocycles. The van der Waals surface area contributed by atoms with Crippen LogP contribution in [0.3, 0.4) is 0 Å². The van der Waals surface area contributed by atoms with Gasteiger partial charge in [-0.05, 0) is 29.8 Å². The van der Waals surface area contributed by atoms with E-state index in [0.29, 0.717) is 49.8 Å². The van der Waals surface area contributed by atoms with Gasteiger partial charge in [0, 0.05) is 38.0 Å². The molecule has 0 atom stereocenters. The minimum atomic E-state index is -3.74. The maximum Gasteiger partial charge on any atom is 0.244 e. The van der Waals surface area contributed by atoms with Crippen molar-refractivity contribution in [2.45, 2.75) is 11.3 Å². The molecule has 0 saturated carbocycles. The van der Waals surface area contributed by atoms with Crippen LogP contribution >= 0.6 is 34.5 Å². The van der Waals surface area contributed by atoms with Crippen LogP contribution in [0.5, 0.6) is 17.2 Å². The first-order chi connectivity index (χ1) is 16.8. The predicted octanol–water partition coefficient (Wildman–Crippen LogP) is 4.58. The molecular weight excluding hydrogens is 533 g/mol. The lowest BCUT2D eigenvalue weighted by Gasteiger charge is -2.34. The molecule has 0 radical (unpaired) electrons. The average Bonchev–Trinajstić information content (AvgIpc) is 3.33. The second-order valence-corrected chi connectivity index (χ2v) is 11.3. The zero-order chi connectivity index (χ0) is 25.2. The van der Waals surface area contributed by atoms with E-state index in [2.05, 4.69) is 4.90 Å². The monoisotopic (exact) mass is 557 g/mol. The number of rotatable bonds is 8. The molecule has 0 aliphatic carbocycles. The van der Waals surface area contributed by atoms with Gasteiger partial charge in [-0.15, -0.1) is 11.3 Å². The summed E-state index contributed by atoms with van der Waals surface area (Å²) in [6.07, 6.45) is 0.592. The van der Waals surface area contributed by atoms with Crippen molar-refractivity contribution in [3.05, 3.63) is 57.0 Å². The van der Waals surface area contributed by atoms with Crippen LogP contribution in [-0.4, -0.2) is 65.2 Å². The molecule has 188 valence electrons. The molecule has 0 N–H and O–H groups in total.